The molecule has 0 saturated heterocycles. The van der Waals surface area contributed by atoms with Crippen molar-refractivity contribution in [1.82, 2.24) is 5.01 Å². The summed E-state index contributed by atoms with van der Waals surface area (Å²) < 4.78 is 0. The Hall–Kier alpha value is -1.19. The first-order valence-electron chi connectivity index (χ1n) is 3.52. The lowest BCUT2D eigenvalue weighted by atomic mass is 10.3. The van der Waals surface area contributed by atoms with Gasteiger partial charge in [0.15, 0.2) is 0 Å². The molecule has 0 atom stereocenters. The van der Waals surface area contributed by atoms with E-state index < -0.39 is 0 Å². The monoisotopic (exact) mass is 154 g/mol. The molecule has 1 aliphatic heterocycles. The molecule has 1 heterocycles. The standard InChI is InChI=1S/C7H10N2O2/c1-6(10)5-7(11)9-4-2-3-8-9/h3H,2,4-5H2,1H3. The van der Waals surface area contributed by atoms with Crippen molar-refractivity contribution >= 4 is 17.9 Å². The van der Waals surface area contributed by atoms with Crippen LogP contribution in [0.25, 0.3) is 0 Å². The molecule has 0 bridgehead atoms. The van der Waals surface area contributed by atoms with Crippen molar-refractivity contribution in [2.75, 3.05) is 6.54 Å². The number of nitrogens with zero attached hydrogens (tertiary/aromatic N) is 2. The van der Waals surface area contributed by atoms with E-state index in [1.54, 1.807) is 6.21 Å². The highest BCUT2D eigenvalue weighted by Crippen LogP contribution is 2.02. The van der Waals surface area contributed by atoms with E-state index >= 15 is 0 Å². The number of Topliss-reactive ketones (excluding diaryl/α,β-unsaturated/α-hetero) is 1. The van der Waals surface area contributed by atoms with E-state index in [9.17, 15) is 9.59 Å². The molecule has 1 amide bonds. The zero-order chi connectivity index (χ0) is 8.27. The van der Waals surface area contributed by atoms with Gasteiger partial charge in [0, 0.05) is 19.2 Å². The number of ketones is 1. The van der Waals surface area contributed by atoms with Crippen LogP contribution in [0.5, 0.6) is 0 Å². The summed E-state index contributed by atoms with van der Waals surface area (Å²) in [6.45, 7) is 2.02. The lowest BCUT2D eigenvalue weighted by Crippen LogP contribution is -2.24. The third kappa shape index (κ3) is 2.14. The molecule has 4 nitrogen and oxygen atoms in total. The van der Waals surface area contributed by atoms with E-state index in [0.29, 0.717) is 6.54 Å². The Balaban J connectivity index is 2.41. The van der Waals surface area contributed by atoms with E-state index in [1.165, 1.54) is 11.9 Å². The summed E-state index contributed by atoms with van der Waals surface area (Å²) in [4.78, 5) is 21.6. The Morgan fingerprint density at radius 2 is 2.36 bits per heavy atom. The van der Waals surface area contributed by atoms with Crippen molar-refractivity contribution in [3.63, 3.8) is 0 Å². The molecule has 0 spiro atoms. The second kappa shape index (κ2) is 3.27. The molecule has 1 aliphatic rings. The lowest BCUT2D eigenvalue weighted by Gasteiger charge is -2.09. The lowest BCUT2D eigenvalue weighted by molar-refractivity contribution is -0.134. The van der Waals surface area contributed by atoms with Gasteiger partial charge in [0.2, 0.25) is 5.91 Å². The van der Waals surface area contributed by atoms with Gasteiger partial charge in [-0.25, -0.2) is 5.01 Å². The van der Waals surface area contributed by atoms with Crippen LogP contribution >= 0.6 is 0 Å². The Kier molecular flexibility index (Phi) is 2.36. The summed E-state index contributed by atoms with van der Waals surface area (Å²) in [5.41, 5.74) is 0. The van der Waals surface area contributed by atoms with Crippen LogP contribution in [0.4, 0.5) is 0 Å². The van der Waals surface area contributed by atoms with Crippen LogP contribution in [0.15, 0.2) is 5.10 Å². The van der Waals surface area contributed by atoms with Gasteiger partial charge in [-0.05, 0) is 6.92 Å². The van der Waals surface area contributed by atoms with Crippen LogP contribution in [0, 0.1) is 0 Å². The molecule has 0 radical (unpaired) electrons. The van der Waals surface area contributed by atoms with E-state index in [-0.39, 0.29) is 18.1 Å². The Morgan fingerprint density at radius 1 is 1.64 bits per heavy atom. The van der Waals surface area contributed by atoms with E-state index in [0.717, 1.165) is 6.42 Å². The van der Waals surface area contributed by atoms with Crippen molar-refractivity contribution in [2.45, 2.75) is 19.8 Å². The summed E-state index contributed by atoms with van der Waals surface area (Å²) in [6.07, 6.45) is 2.44. The Morgan fingerprint density at radius 3 is 2.82 bits per heavy atom. The molecule has 0 aromatic carbocycles. The summed E-state index contributed by atoms with van der Waals surface area (Å²) >= 11 is 0. The van der Waals surface area contributed by atoms with Gasteiger partial charge in [0.1, 0.15) is 5.78 Å². The second-order valence-electron chi connectivity index (χ2n) is 2.48. The summed E-state index contributed by atoms with van der Waals surface area (Å²) in [5.74, 6) is -0.316. The van der Waals surface area contributed by atoms with Crippen LogP contribution < -0.4 is 0 Å². The zero-order valence-electron chi connectivity index (χ0n) is 6.41. The summed E-state index contributed by atoms with van der Waals surface area (Å²) in [7, 11) is 0. The van der Waals surface area contributed by atoms with Gasteiger partial charge in [-0.3, -0.25) is 9.59 Å². The third-order valence-electron chi connectivity index (χ3n) is 1.38. The number of amides is 1. The number of hydrogen-bond donors (Lipinski definition) is 0. The third-order valence-corrected chi connectivity index (χ3v) is 1.38. The van der Waals surface area contributed by atoms with Crippen LogP contribution in [-0.2, 0) is 9.59 Å². The first kappa shape index (κ1) is 7.91. The molecule has 0 aromatic rings. The van der Waals surface area contributed by atoms with E-state index in [2.05, 4.69) is 5.10 Å². The molecular weight excluding hydrogens is 144 g/mol. The van der Waals surface area contributed by atoms with Crippen molar-refractivity contribution in [3.05, 3.63) is 0 Å². The van der Waals surface area contributed by atoms with Crippen molar-refractivity contribution in [2.24, 2.45) is 5.10 Å². The molecule has 60 valence electrons. The highest BCUT2D eigenvalue weighted by Gasteiger charge is 2.15. The van der Waals surface area contributed by atoms with E-state index in [4.69, 9.17) is 0 Å². The molecule has 0 unspecified atom stereocenters. The smallest absolute Gasteiger partial charge is 0.250 e. The minimum Gasteiger partial charge on any atom is -0.299 e. The molecular formula is C7H10N2O2. The maximum atomic E-state index is 11.0. The molecule has 0 aliphatic carbocycles. The van der Waals surface area contributed by atoms with Crippen LogP contribution in [-0.4, -0.2) is 29.5 Å². The molecule has 1 rings (SSSR count). The molecule has 0 saturated carbocycles. The highest BCUT2D eigenvalue weighted by molar-refractivity contribution is 5.97. The average Bonchev–Trinajstić information content (AvgIpc) is 2.35. The van der Waals surface area contributed by atoms with Gasteiger partial charge < -0.3 is 0 Å². The molecule has 11 heavy (non-hydrogen) atoms. The minimum atomic E-state index is -0.203. The van der Waals surface area contributed by atoms with Crippen molar-refractivity contribution in [1.29, 1.82) is 0 Å². The van der Waals surface area contributed by atoms with Crippen molar-refractivity contribution in [3.8, 4) is 0 Å². The maximum absolute atomic E-state index is 11.0. The fraction of sp³-hybridized carbons (Fsp3) is 0.571. The number of hydrazone groups is 1. The van der Waals surface area contributed by atoms with Gasteiger partial charge in [0.05, 0.1) is 6.42 Å². The van der Waals surface area contributed by atoms with E-state index in [1.807, 2.05) is 0 Å². The number of carbonyl (C=O) groups is 2. The van der Waals surface area contributed by atoms with Gasteiger partial charge in [0.25, 0.3) is 0 Å². The Labute approximate surface area is 64.9 Å². The fourth-order valence-electron chi connectivity index (χ4n) is 0.887. The van der Waals surface area contributed by atoms with Crippen LogP contribution in [0.2, 0.25) is 0 Å². The SMILES string of the molecule is CC(=O)CC(=O)N1CCC=N1. The number of hydrogen-bond acceptors (Lipinski definition) is 3. The quantitative estimate of drug-likeness (QED) is 0.533. The normalized spacial score (nSPS) is 15.5. The molecule has 0 aromatic heterocycles. The van der Waals surface area contributed by atoms with Crippen LogP contribution in [0.3, 0.4) is 0 Å². The van der Waals surface area contributed by atoms with Gasteiger partial charge in [-0.15, -0.1) is 0 Å². The average molecular weight is 154 g/mol. The Bertz CT molecular complexity index is 210. The molecule has 0 fully saturated rings. The predicted molar refractivity (Wildman–Crippen MR) is 40.1 cm³/mol. The molecule has 4 heteroatoms. The van der Waals surface area contributed by atoms with Crippen LogP contribution in [0.1, 0.15) is 19.8 Å². The van der Waals surface area contributed by atoms with Gasteiger partial charge in [-0.2, -0.15) is 5.10 Å². The molecule has 0 N–H and O–H groups in total. The van der Waals surface area contributed by atoms with Gasteiger partial charge >= 0.3 is 0 Å². The first-order chi connectivity index (χ1) is 5.20. The van der Waals surface area contributed by atoms with Gasteiger partial charge in [-0.1, -0.05) is 0 Å². The summed E-state index contributed by atoms with van der Waals surface area (Å²) in [6, 6.07) is 0. The second-order valence-corrected chi connectivity index (χ2v) is 2.48. The number of rotatable bonds is 2. The predicted octanol–water partition coefficient (Wildman–Crippen LogP) is 0.184. The largest absolute Gasteiger partial charge is 0.299 e. The first-order valence-corrected chi connectivity index (χ1v) is 3.52. The van der Waals surface area contributed by atoms with Crippen molar-refractivity contribution < 1.29 is 9.59 Å². The topological polar surface area (TPSA) is 49.7 Å². The summed E-state index contributed by atoms with van der Waals surface area (Å²) in [5, 5.41) is 5.13. The zero-order valence-corrected chi connectivity index (χ0v) is 6.41. The fourth-order valence-corrected chi connectivity index (χ4v) is 0.887. The highest BCUT2D eigenvalue weighted by atomic mass is 16.2. The number of carbonyl (C=O) groups excluding carboxylic acids is 2. The minimum absolute atomic E-state index is 0.0304. The maximum Gasteiger partial charge on any atom is 0.250 e.